The van der Waals surface area contributed by atoms with Crippen molar-refractivity contribution in [1.29, 1.82) is 0 Å². The number of rotatable bonds is 9. The number of furan rings is 1. The van der Waals surface area contributed by atoms with Crippen LogP contribution >= 0.6 is 0 Å². The van der Waals surface area contributed by atoms with Gasteiger partial charge in [-0.1, -0.05) is 18.2 Å². The predicted molar refractivity (Wildman–Crippen MR) is 77.6 cm³/mol. The number of fused-ring (bicyclic) bond motifs is 1. The fraction of sp³-hybridized carbons (Fsp3) is 0.400. The molecule has 1 aromatic carbocycles. The van der Waals surface area contributed by atoms with E-state index in [-0.39, 0.29) is 5.56 Å². The molecular weight excluding hydrogens is 274 g/mol. The minimum absolute atomic E-state index is 0.221. The summed E-state index contributed by atoms with van der Waals surface area (Å²) in [6.45, 7) is 2.60. The first-order valence-corrected chi connectivity index (χ1v) is 6.75. The second-order valence-corrected chi connectivity index (χ2v) is 4.48. The fourth-order valence-electron chi connectivity index (χ4n) is 2.05. The maximum Gasteiger partial charge on any atom is 0.339 e. The SMILES string of the molecule is COCCOCCNCc1oc2ccccc2c1C(=O)O. The van der Waals surface area contributed by atoms with E-state index in [9.17, 15) is 9.90 Å². The van der Waals surface area contributed by atoms with Crippen LogP contribution in [0.25, 0.3) is 11.0 Å². The average molecular weight is 293 g/mol. The quantitative estimate of drug-likeness (QED) is 0.687. The van der Waals surface area contributed by atoms with Gasteiger partial charge in [-0.2, -0.15) is 0 Å². The standard InChI is InChI=1S/C15H19NO5/c1-19-8-9-20-7-6-16-10-13-14(15(17)18)11-4-2-3-5-12(11)21-13/h2-5,16H,6-10H2,1H3,(H,17,18). The smallest absolute Gasteiger partial charge is 0.339 e. The summed E-state index contributed by atoms with van der Waals surface area (Å²) < 4.78 is 15.8. The van der Waals surface area contributed by atoms with Crippen molar-refractivity contribution in [3.63, 3.8) is 0 Å². The van der Waals surface area contributed by atoms with Crippen LogP contribution in [0.3, 0.4) is 0 Å². The van der Waals surface area contributed by atoms with E-state index in [1.165, 1.54) is 0 Å². The van der Waals surface area contributed by atoms with Gasteiger partial charge in [0, 0.05) is 19.0 Å². The number of benzene rings is 1. The molecular formula is C15H19NO5. The molecule has 6 nitrogen and oxygen atoms in total. The molecule has 0 saturated carbocycles. The van der Waals surface area contributed by atoms with E-state index in [2.05, 4.69) is 5.32 Å². The lowest BCUT2D eigenvalue weighted by molar-refractivity contribution is 0.0694. The Morgan fingerprint density at radius 2 is 2.10 bits per heavy atom. The molecule has 2 aromatic rings. The first-order valence-electron chi connectivity index (χ1n) is 6.75. The summed E-state index contributed by atoms with van der Waals surface area (Å²) in [5.74, 6) is -0.548. The number of methoxy groups -OCH3 is 1. The third-order valence-electron chi connectivity index (χ3n) is 3.02. The van der Waals surface area contributed by atoms with E-state index in [0.29, 0.717) is 49.6 Å². The summed E-state index contributed by atoms with van der Waals surface area (Å²) in [5.41, 5.74) is 0.807. The van der Waals surface area contributed by atoms with Crippen LogP contribution in [0.4, 0.5) is 0 Å². The minimum atomic E-state index is -0.979. The summed E-state index contributed by atoms with van der Waals surface area (Å²) >= 11 is 0. The average Bonchev–Trinajstić information content (AvgIpc) is 2.84. The number of carboxylic acids is 1. The van der Waals surface area contributed by atoms with Crippen LogP contribution in [0.15, 0.2) is 28.7 Å². The van der Waals surface area contributed by atoms with Gasteiger partial charge in [-0.25, -0.2) is 4.79 Å². The second kappa shape index (κ2) is 7.78. The van der Waals surface area contributed by atoms with Crippen molar-refractivity contribution in [1.82, 2.24) is 5.32 Å². The van der Waals surface area contributed by atoms with Crippen molar-refractivity contribution in [2.45, 2.75) is 6.54 Å². The summed E-state index contributed by atoms with van der Waals surface area (Å²) in [6, 6.07) is 7.13. The van der Waals surface area contributed by atoms with Gasteiger partial charge in [0.05, 0.1) is 26.4 Å². The van der Waals surface area contributed by atoms with Crippen molar-refractivity contribution >= 4 is 16.9 Å². The van der Waals surface area contributed by atoms with Gasteiger partial charge in [-0.3, -0.25) is 0 Å². The molecule has 0 atom stereocenters. The van der Waals surface area contributed by atoms with Gasteiger partial charge in [0.2, 0.25) is 0 Å². The summed E-state index contributed by atoms with van der Waals surface area (Å²) in [4.78, 5) is 11.4. The molecule has 21 heavy (non-hydrogen) atoms. The van der Waals surface area contributed by atoms with E-state index in [0.717, 1.165) is 0 Å². The first kappa shape index (κ1) is 15.5. The highest BCUT2D eigenvalue weighted by atomic mass is 16.5. The lowest BCUT2D eigenvalue weighted by Gasteiger charge is -2.05. The normalized spacial score (nSPS) is 11.1. The lowest BCUT2D eigenvalue weighted by Crippen LogP contribution is -2.21. The molecule has 0 aliphatic rings. The van der Waals surface area contributed by atoms with Crippen LogP contribution in [-0.4, -0.2) is 44.6 Å². The predicted octanol–water partition coefficient (Wildman–Crippen LogP) is 1.88. The van der Waals surface area contributed by atoms with E-state index >= 15 is 0 Å². The summed E-state index contributed by atoms with van der Waals surface area (Å²) in [5, 5.41) is 13.1. The maximum absolute atomic E-state index is 11.4. The van der Waals surface area contributed by atoms with Crippen molar-refractivity contribution in [3.8, 4) is 0 Å². The molecule has 114 valence electrons. The Bertz CT molecular complexity index is 593. The van der Waals surface area contributed by atoms with Gasteiger partial charge < -0.3 is 24.3 Å². The Balaban J connectivity index is 1.92. The zero-order valence-corrected chi connectivity index (χ0v) is 11.9. The van der Waals surface area contributed by atoms with Crippen molar-refractivity contribution in [2.75, 3.05) is 33.5 Å². The third kappa shape index (κ3) is 4.04. The van der Waals surface area contributed by atoms with Crippen molar-refractivity contribution in [2.24, 2.45) is 0 Å². The number of aromatic carboxylic acids is 1. The molecule has 0 saturated heterocycles. The van der Waals surface area contributed by atoms with Crippen LogP contribution < -0.4 is 5.32 Å². The summed E-state index contributed by atoms with van der Waals surface area (Å²) in [6.07, 6.45) is 0. The van der Waals surface area contributed by atoms with Gasteiger partial charge >= 0.3 is 5.97 Å². The molecule has 0 aliphatic heterocycles. The first-order chi connectivity index (χ1) is 10.2. The van der Waals surface area contributed by atoms with Gasteiger partial charge in [0.1, 0.15) is 16.9 Å². The largest absolute Gasteiger partial charge is 0.478 e. The number of hydrogen-bond acceptors (Lipinski definition) is 5. The van der Waals surface area contributed by atoms with E-state index in [1.807, 2.05) is 6.07 Å². The van der Waals surface area contributed by atoms with Gasteiger partial charge in [0.15, 0.2) is 0 Å². The van der Waals surface area contributed by atoms with Crippen molar-refractivity contribution in [3.05, 3.63) is 35.6 Å². The monoisotopic (exact) mass is 293 g/mol. The molecule has 2 N–H and O–H groups in total. The number of carbonyl (C=O) groups is 1. The van der Waals surface area contributed by atoms with Crippen LogP contribution in [-0.2, 0) is 16.0 Å². The number of nitrogens with one attached hydrogen (secondary N) is 1. The topological polar surface area (TPSA) is 80.9 Å². The van der Waals surface area contributed by atoms with Gasteiger partial charge in [-0.05, 0) is 6.07 Å². The fourth-order valence-corrected chi connectivity index (χ4v) is 2.05. The third-order valence-corrected chi connectivity index (χ3v) is 3.02. The van der Waals surface area contributed by atoms with E-state index in [1.54, 1.807) is 25.3 Å². The molecule has 0 fully saturated rings. The molecule has 0 amide bonds. The summed E-state index contributed by atoms with van der Waals surface area (Å²) in [7, 11) is 1.62. The zero-order chi connectivity index (χ0) is 15.1. The number of carboxylic acid groups (broad SMARTS) is 1. The highest BCUT2D eigenvalue weighted by molar-refractivity contribution is 6.03. The Morgan fingerprint density at radius 1 is 1.29 bits per heavy atom. The van der Waals surface area contributed by atoms with Gasteiger partial charge in [-0.15, -0.1) is 0 Å². The number of ether oxygens (including phenoxy) is 2. The molecule has 1 heterocycles. The van der Waals surface area contributed by atoms with Crippen LogP contribution in [0.1, 0.15) is 16.1 Å². The van der Waals surface area contributed by atoms with Crippen LogP contribution in [0.2, 0.25) is 0 Å². The molecule has 0 spiro atoms. The van der Waals surface area contributed by atoms with E-state index in [4.69, 9.17) is 13.9 Å². The molecule has 6 heteroatoms. The Labute approximate surface area is 122 Å². The molecule has 1 aromatic heterocycles. The molecule has 2 rings (SSSR count). The van der Waals surface area contributed by atoms with Crippen molar-refractivity contribution < 1.29 is 23.8 Å². The number of para-hydroxylation sites is 1. The molecule has 0 aliphatic carbocycles. The van der Waals surface area contributed by atoms with E-state index < -0.39 is 5.97 Å². The Hall–Kier alpha value is -1.89. The maximum atomic E-state index is 11.4. The highest BCUT2D eigenvalue weighted by Crippen LogP contribution is 2.25. The minimum Gasteiger partial charge on any atom is -0.478 e. The number of hydrogen-bond donors (Lipinski definition) is 2. The zero-order valence-electron chi connectivity index (χ0n) is 11.9. The molecule has 0 radical (unpaired) electrons. The van der Waals surface area contributed by atoms with Gasteiger partial charge in [0.25, 0.3) is 0 Å². The molecule has 0 bridgehead atoms. The highest BCUT2D eigenvalue weighted by Gasteiger charge is 2.19. The van der Waals surface area contributed by atoms with Crippen LogP contribution in [0, 0.1) is 0 Å². The Kier molecular flexibility index (Phi) is 5.74. The Morgan fingerprint density at radius 3 is 2.86 bits per heavy atom. The second-order valence-electron chi connectivity index (χ2n) is 4.48. The molecule has 0 unspecified atom stereocenters. The van der Waals surface area contributed by atoms with Crippen LogP contribution in [0.5, 0.6) is 0 Å². The lowest BCUT2D eigenvalue weighted by atomic mass is 10.1.